The third-order valence-corrected chi connectivity index (χ3v) is 5.70. The van der Waals surface area contributed by atoms with Crippen LogP contribution in [0.2, 0.25) is 0 Å². The number of methoxy groups -OCH3 is 1. The van der Waals surface area contributed by atoms with Crippen molar-refractivity contribution in [2.24, 2.45) is 0 Å². The van der Waals surface area contributed by atoms with Gasteiger partial charge in [0.15, 0.2) is 0 Å². The van der Waals surface area contributed by atoms with Gasteiger partial charge in [-0.2, -0.15) is 5.10 Å². The van der Waals surface area contributed by atoms with E-state index < -0.39 is 0 Å². The van der Waals surface area contributed by atoms with Crippen LogP contribution in [-0.4, -0.2) is 29.8 Å². The van der Waals surface area contributed by atoms with E-state index in [0.29, 0.717) is 6.54 Å². The maximum Gasteiger partial charge on any atom is 0.230 e. The molecule has 3 rings (SSSR count). The van der Waals surface area contributed by atoms with E-state index in [0.717, 1.165) is 61.2 Å². The van der Waals surface area contributed by atoms with Crippen molar-refractivity contribution >= 4 is 5.91 Å². The predicted octanol–water partition coefficient (Wildman–Crippen LogP) is 3.60. The number of carbonyl (C=O) groups excluding carboxylic acids is 1. The number of hydrogen-bond donors (Lipinski definition) is 2. The normalized spacial score (nSPS) is 15.8. The van der Waals surface area contributed by atoms with Gasteiger partial charge in [-0.1, -0.05) is 25.0 Å². The highest BCUT2D eigenvalue weighted by Crippen LogP contribution is 2.41. The van der Waals surface area contributed by atoms with Gasteiger partial charge in [0.25, 0.3) is 0 Å². The largest absolute Gasteiger partial charge is 0.497 e. The minimum atomic E-state index is -0.381. The number of rotatable bonds is 7. The molecule has 2 N–H and O–H groups in total. The molecule has 140 valence electrons. The van der Waals surface area contributed by atoms with E-state index in [1.165, 1.54) is 5.56 Å². The first-order chi connectivity index (χ1) is 12.6. The number of hydrogen-bond acceptors (Lipinski definition) is 3. The number of H-pyrrole nitrogens is 1. The van der Waals surface area contributed by atoms with Crippen LogP contribution in [0.5, 0.6) is 5.75 Å². The highest BCUT2D eigenvalue weighted by molar-refractivity contribution is 5.88. The number of aromatic amines is 1. The molecule has 26 heavy (non-hydrogen) atoms. The van der Waals surface area contributed by atoms with Crippen molar-refractivity contribution in [3.63, 3.8) is 0 Å². The summed E-state index contributed by atoms with van der Waals surface area (Å²) in [5.41, 5.74) is 4.17. The summed E-state index contributed by atoms with van der Waals surface area (Å²) in [5.74, 6) is 0.994. The molecule has 1 amide bonds. The van der Waals surface area contributed by atoms with Gasteiger partial charge >= 0.3 is 0 Å². The lowest BCUT2D eigenvalue weighted by atomic mass is 9.78. The lowest BCUT2D eigenvalue weighted by Gasteiger charge is -2.28. The van der Waals surface area contributed by atoms with Gasteiger partial charge in [-0.15, -0.1) is 0 Å². The third kappa shape index (κ3) is 3.62. The number of aryl methyl sites for hydroxylation is 2. The number of nitrogens with zero attached hydrogens (tertiary/aromatic N) is 1. The van der Waals surface area contributed by atoms with Crippen molar-refractivity contribution in [2.45, 2.75) is 57.8 Å². The SMILES string of the molecule is COc1ccc(C2(C(=O)NCCCc3c(C)n[nH]c3C)CCCC2)cc1. The molecule has 0 atom stereocenters. The molecule has 0 aliphatic heterocycles. The standard InChI is InChI=1S/C21H29N3O2/c1-15-19(16(2)24-23-15)7-6-14-22-20(25)21(12-4-5-13-21)17-8-10-18(26-3)11-9-17/h8-11H,4-7,12-14H2,1-3H3,(H,22,25)(H,23,24). The van der Waals surface area contributed by atoms with Crippen LogP contribution in [0.25, 0.3) is 0 Å². The van der Waals surface area contributed by atoms with Crippen LogP contribution in [0.3, 0.4) is 0 Å². The third-order valence-electron chi connectivity index (χ3n) is 5.70. The molecule has 1 saturated carbocycles. The molecule has 0 bridgehead atoms. The molecule has 1 heterocycles. The molecule has 1 fully saturated rings. The fourth-order valence-electron chi connectivity index (χ4n) is 4.11. The van der Waals surface area contributed by atoms with Crippen LogP contribution in [0, 0.1) is 13.8 Å². The Morgan fingerprint density at radius 3 is 2.50 bits per heavy atom. The molecule has 5 nitrogen and oxygen atoms in total. The molecule has 5 heteroatoms. The fourth-order valence-corrected chi connectivity index (χ4v) is 4.11. The molecular weight excluding hydrogens is 326 g/mol. The second-order valence-electron chi connectivity index (χ2n) is 7.29. The zero-order valence-corrected chi connectivity index (χ0v) is 16.0. The Kier molecular flexibility index (Phi) is 5.64. The fraction of sp³-hybridized carbons (Fsp3) is 0.524. The zero-order chi connectivity index (χ0) is 18.6. The van der Waals surface area contributed by atoms with E-state index in [4.69, 9.17) is 4.74 Å². The Morgan fingerprint density at radius 1 is 1.23 bits per heavy atom. The smallest absolute Gasteiger partial charge is 0.230 e. The van der Waals surface area contributed by atoms with Crippen LogP contribution in [0.1, 0.15) is 54.6 Å². The Morgan fingerprint density at radius 2 is 1.92 bits per heavy atom. The van der Waals surface area contributed by atoms with Crippen molar-refractivity contribution in [3.8, 4) is 5.75 Å². The Balaban J connectivity index is 1.62. The van der Waals surface area contributed by atoms with Gasteiger partial charge in [0.1, 0.15) is 5.75 Å². The van der Waals surface area contributed by atoms with Gasteiger partial charge < -0.3 is 10.1 Å². The summed E-state index contributed by atoms with van der Waals surface area (Å²) in [4.78, 5) is 13.1. The highest BCUT2D eigenvalue weighted by Gasteiger charge is 2.42. The highest BCUT2D eigenvalue weighted by atomic mass is 16.5. The summed E-state index contributed by atoms with van der Waals surface area (Å²) in [6.45, 7) is 4.76. The van der Waals surface area contributed by atoms with E-state index in [2.05, 4.69) is 15.5 Å². The number of benzene rings is 1. The Hall–Kier alpha value is -2.30. The summed E-state index contributed by atoms with van der Waals surface area (Å²) in [6, 6.07) is 7.99. The van der Waals surface area contributed by atoms with Gasteiger partial charge in [0, 0.05) is 12.2 Å². The average molecular weight is 355 g/mol. The number of carbonyl (C=O) groups is 1. The van der Waals surface area contributed by atoms with Crippen LogP contribution >= 0.6 is 0 Å². The monoisotopic (exact) mass is 355 g/mol. The van der Waals surface area contributed by atoms with Gasteiger partial charge in [-0.25, -0.2) is 0 Å². The number of amides is 1. The molecule has 1 aliphatic carbocycles. The quantitative estimate of drug-likeness (QED) is 0.746. The van der Waals surface area contributed by atoms with Crippen molar-refractivity contribution in [1.29, 1.82) is 0 Å². The van der Waals surface area contributed by atoms with E-state index >= 15 is 0 Å². The summed E-state index contributed by atoms with van der Waals surface area (Å²) >= 11 is 0. The lowest BCUT2D eigenvalue weighted by Crippen LogP contribution is -2.43. The van der Waals surface area contributed by atoms with Crippen molar-refractivity contribution in [1.82, 2.24) is 15.5 Å². The summed E-state index contributed by atoms with van der Waals surface area (Å²) in [6.07, 6.45) is 5.91. The first kappa shape index (κ1) is 18.5. The molecule has 2 aromatic rings. The predicted molar refractivity (Wildman–Crippen MR) is 103 cm³/mol. The van der Waals surface area contributed by atoms with Gasteiger partial charge in [0.05, 0.1) is 18.2 Å². The zero-order valence-electron chi connectivity index (χ0n) is 16.0. The molecule has 0 radical (unpaired) electrons. The molecule has 0 saturated heterocycles. The first-order valence-corrected chi connectivity index (χ1v) is 9.50. The van der Waals surface area contributed by atoms with E-state index in [-0.39, 0.29) is 11.3 Å². The molecule has 0 spiro atoms. The van der Waals surface area contributed by atoms with Gasteiger partial charge in [-0.3, -0.25) is 9.89 Å². The van der Waals surface area contributed by atoms with Gasteiger partial charge in [-0.05, 0) is 62.8 Å². The number of aromatic nitrogens is 2. The molecule has 0 unspecified atom stereocenters. The number of nitrogens with one attached hydrogen (secondary N) is 2. The van der Waals surface area contributed by atoms with Crippen molar-refractivity contribution in [2.75, 3.05) is 13.7 Å². The number of ether oxygens (including phenoxy) is 1. The Labute approximate surface area is 155 Å². The van der Waals surface area contributed by atoms with E-state index in [1.54, 1.807) is 7.11 Å². The minimum Gasteiger partial charge on any atom is -0.497 e. The van der Waals surface area contributed by atoms with Crippen LogP contribution in [-0.2, 0) is 16.6 Å². The second kappa shape index (κ2) is 7.94. The first-order valence-electron chi connectivity index (χ1n) is 9.50. The van der Waals surface area contributed by atoms with Crippen LogP contribution < -0.4 is 10.1 Å². The van der Waals surface area contributed by atoms with E-state index in [9.17, 15) is 4.79 Å². The molecule has 1 aliphatic rings. The average Bonchev–Trinajstić information content (AvgIpc) is 3.27. The van der Waals surface area contributed by atoms with Crippen LogP contribution in [0.15, 0.2) is 24.3 Å². The van der Waals surface area contributed by atoms with Crippen LogP contribution in [0.4, 0.5) is 0 Å². The molecular formula is C21H29N3O2. The maximum absolute atomic E-state index is 13.1. The Bertz CT molecular complexity index is 724. The van der Waals surface area contributed by atoms with Gasteiger partial charge in [0.2, 0.25) is 5.91 Å². The molecule has 1 aromatic heterocycles. The summed E-state index contributed by atoms with van der Waals surface area (Å²) < 4.78 is 5.25. The molecule has 1 aromatic carbocycles. The lowest BCUT2D eigenvalue weighted by molar-refractivity contribution is -0.126. The second-order valence-corrected chi connectivity index (χ2v) is 7.29. The van der Waals surface area contributed by atoms with E-state index in [1.807, 2.05) is 38.1 Å². The van der Waals surface area contributed by atoms with Crippen molar-refractivity contribution < 1.29 is 9.53 Å². The topological polar surface area (TPSA) is 67.0 Å². The van der Waals surface area contributed by atoms with Crippen molar-refractivity contribution in [3.05, 3.63) is 46.8 Å². The summed E-state index contributed by atoms with van der Waals surface area (Å²) in [5, 5.41) is 10.4. The summed E-state index contributed by atoms with van der Waals surface area (Å²) in [7, 11) is 1.66. The minimum absolute atomic E-state index is 0.167. The maximum atomic E-state index is 13.1.